The highest BCUT2D eigenvalue weighted by atomic mass is 35.5. The molecule has 1 amide bonds. The second-order valence-corrected chi connectivity index (χ2v) is 8.07. The molecule has 6 rings (SSSR count). The second-order valence-electron chi connectivity index (χ2n) is 7.63. The van der Waals surface area contributed by atoms with Crippen molar-refractivity contribution in [1.29, 1.82) is 0 Å². The Balaban J connectivity index is 0.000000371. The zero-order valence-electron chi connectivity index (χ0n) is 18.6. The van der Waals surface area contributed by atoms with Gasteiger partial charge in [-0.15, -0.1) is 0 Å². The molecule has 1 fully saturated rings. The maximum Gasteiger partial charge on any atom is 0.415 e. The van der Waals surface area contributed by atoms with Crippen LogP contribution < -0.4 is 10.2 Å². The van der Waals surface area contributed by atoms with E-state index in [-0.39, 0.29) is 0 Å². The third-order valence-corrected chi connectivity index (χ3v) is 5.52. The number of carbonyl (C=O) groups excluding carboxylic acids is 1. The largest absolute Gasteiger partial charge is 0.447 e. The number of ether oxygens (including phenoxy) is 1. The van der Waals surface area contributed by atoms with E-state index in [0.717, 1.165) is 16.8 Å². The predicted molar refractivity (Wildman–Crippen MR) is 135 cm³/mol. The number of H-pyrrole nitrogens is 1. The molecule has 9 nitrogen and oxygen atoms in total. The zero-order chi connectivity index (χ0) is 24.0. The number of hydrogen-bond donors (Lipinski definition) is 2. The Morgan fingerprint density at radius 3 is 2.46 bits per heavy atom. The fourth-order valence-corrected chi connectivity index (χ4v) is 3.69. The van der Waals surface area contributed by atoms with Gasteiger partial charge in [0.1, 0.15) is 12.3 Å². The Bertz CT molecular complexity index is 1390. The van der Waals surface area contributed by atoms with Crippen LogP contribution in [0.25, 0.3) is 16.7 Å². The average Bonchev–Trinajstić information content (AvgIpc) is 3.65. The lowest BCUT2D eigenvalue weighted by Gasteiger charge is -2.14. The maximum atomic E-state index is 12.0. The number of benzene rings is 2. The van der Waals surface area contributed by atoms with Crippen LogP contribution in [0.4, 0.5) is 16.6 Å². The summed E-state index contributed by atoms with van der Waals surface area (Å²) in [6.07, 6.45) is 5.02. The third kappa shape index (κ3) is 5.25. The van der Waals surface area contributed by atoms with Crippen LogP contribution in [-0.2, 0) is 11.3 Å². The highest BCUT2D eigenvalue weighted by molar-refractivity contribution is 6.30. The smallest absolute Gasteiger partial charge is 0.415 e. The van der Waals surface area contributed by atoms with Gasteiger partial charge in [-0.25, -0.2) is 9.78 Å². The number of cyclic esters (lactones) is 1. The molecule has 0 unspecified atom stereocenters. The van der Waals surface area contributed by atoms with E-state index in [1.165, 1.54) is 4.90 Å². The number of halogens is 1. The maximum absolute atomic E-state index is 12.0. The molecule has 2 N–H and O–H groups in total. The number of nitrogens with one attached hydrogen (secondary N) is 2. The van der Waals surface area contributed by atoms with Crippen molar-refractivity contribution in [2.45, 2.75) is 6.54 Å². The van der Waals surface area contributed by atoms with E-state index >= 15 is 0 Å². The van der Waals surface area contributed by atoms with E-state index < -0.39 is 6.09 Å². The minimum atomic E-state index is -0.404. The molecule has 3 aromatic heterocycles. The first-order valence-electron chi connectivity index (χ1n) is 11.0. The van der Waals surface area contributed by atoms with Crippen LogP contribution in [-0.4, -0.2) is 43.7 Å². The summed E-state index contributed by atoms with van der Waals surface area (Å²) in [5.41, 5.74) is 2.42. The summed E-state index contributed by atoms with van der Waals surface area (Å²) in [5.74, 6) is 0.920. The van der Waals surface area contributed by atoms with Crippen LogP contribution in [0.1, 0.15) is 5.69 Å². The summed E-state index contributed by atoms with van der Waals surface area (Å²) in [4.78, 5) is 30.0. The molecule has 0 spiro atoms. The Labute approximate surface area is 206 Å². The van der Waals surface area contributed by atoms with Crippen LogP contribution in [0.3, 0.4) is 0 Å². The van der Waals surface area contributed by atoms with Crippen molar-refractivity contribution in [2.75, 3.05) is 23.4 Å². The van der Waals surface area contributed by atoms with Crippen LogP contribution in [0.15, 0.2) is 85.5 Å². The predicted octanol–water partition coefficient (Wildman–Crippen LogP) is 5.05. The molecule has 1 aliphatic heterocycles. The molecule has 176 valence electrons. The second kappa shape index (κ2) is 10.3. The Hall–Kier alpha value is -4.37. The van der Waals surface area contributed by atoms with Crippen molar-refractivity contribution in [3.8, 4) is 5.69 Å². The molecule has 4 heterocycles. The van der Waals surface area contributed by atoms with Crippen molar-refractivity contribution in [1.82, 2.24) is 24.5 Å². The van der Waals surface area contributed by atoms with Crippen LogP contribution in [0, 0.1) is 0 Å². The van der Waals surface area contributed by atoms with E-state index in [9.17, 15) is 4.79 Å². The Kier molecular flexibility index (Phi) is 6.58. The molecule has 1 saturated heterocycles. The molecule has 0 bridgehead atoms. The highest BCUT2D eigenvalue weighted by Crippen LogP contribution is 2.27. The van der Waals surface area contributed by atoms with E-state index in [4.69, 9.17) is 16.3 Å². The number of hydrogen-bond acceptors (Lipinski definition) is 6. The number of nitrogens with zero attached hydrogens (tertiary/aromatic N) is 5. The van der Waals surface area contributed by atoms with Gasteiger partial charge in [0.15, 0.2) is 5.82 Å². The van der Waals surface area contributed by atoms with Crippen molar-refractivity contribution in [2.24, 2.45) is 0 Å². The van der Waals surface area contributed by atoms with Gasteiger partial charge in [-0.3, -0.25) is 4.90 Å². The minimum Gasteiger partial charge on any atom is -0.447 e. The number of aromatic nitrogens is 5. The monoisotopic (exact) mass is 487 g/mol. The summed E-state index contributed by atoms with van der Waals surface area (Å²) >= 11 is 5.94. The van der Waals surface area contributed by atoms with E-state index in [0.29, 0.717) is 42.1 Å². The summed E-state index contributed by atoms with van der Waals surface area (Å²) in [7, 11) is 0. The Morgan fingerprint density at radius 2 is 1.77 bits per heavy atom. The molecule has 0 saturated carbocycles. The van der Waals surface area contributed by atoms with Crippen molar-refractivity contribution < 1.29 is 9.53 Å². The van der Waals surface area contributed by atoms with Gasteiger partial charge in [0.25, 0.3) is 0 Å². The lowest BCUT2D eigenvalue weighted by atomic mass is 10.3. The van der Waals surface area contributed by atoms with Crippen molar-refractivity contribution in [3.63, 3.8) is 0 Å². The molecule has 1 aliphatic rings. The molecule has 2 aromatic carbocycles. The van der Waals surface area contributed by atoms with Gasteiger partial charge in [-0.1, -0.05) is 48.0 Å². The first-order chi connectivity index (χ1) is 17.2. The molecule has 0 radical (unpaired) electrons. The highest BCUT2D eigenvalue weighted by Gasteiger charge is 2.27. The lowest BCUT2D eigenvalue weighted by molar-refractivity contribution is 0.181. The van der Waals surface area contributed by atoms with Gasteiger partial charge in [0.05, 0.1) is 30.5 Å². The minimum absolute atomic E-state index is 0.347. The number of carbonyl (C=O) groups is 1. The van der Waals surface area contributed by atoms with Gasteiger partial charge < -0.3 is 19.6 Å². The molecular weight excluding hydrogens is 466 g/mol. The van der Waals surface area contributed by atoms with Gasteiger partial charge in [0.2, 0.25) is 5.95 Å². The molecule has 5 aromatic rings. The number of aromatic amines is 1. The molecule has 10 heteroatoms. The quantitative estimate of drug-likeness (QED) is 0.359. The zero-order valence-corrected chi connectivity index (χ0v) is 19.4. The standard InChI is InChI=1S/C19H16ClN7O2.C6H6/c20-12-1-3-14(4-2-12)26-10-13(23-11-26)9-22-18-24-16-15(5-6-21-16)17(25-18)27-7-8-29-19(27)28;1-2-4-6-5-3-1/h1-6,10-11H,7-9H2,(H2,21,22,24,25);1-6H. The summed E-state index contributed by atoms with van der Waals surface area (Å²) in [6, 6.07) is 21.3. The van der Waals surface area contributed by atoms with Gasteiger partial charge in [-0.05, 0) is 30.3 Å². The SMILES string of the molecule is O=C1OCCN1c1nc(NCc2cn(-c3ccc(Cl)cc3)cn2)nc2[nH]ccc12.c1ccccc1. The molecule has 0 aliphatic carbocycles. The van der Waals surface area contributed by atoms with Gasteiger partial charge in [-0.2, -0.15) is 9.97 Å². The van der Waals surface area contributed by atoms with Gasteiger partial charge >= 0.3 is 6.09 Å². The first-order valence-corrected chi connectivity index (χ1v) is 11.4. The summed E-state index contributed by atoms with van der Waals surface area (Å²) in [5, 5.41) is 4.63. The van der Waals surface area contributed by atoms with Crippen LogP contribution in [0.2, 0.25) is 5.02 Å². The number of imidazole rings is 1. The van der Waals surface area contributed by atoms with Crippen molar-refractivity contribution in [3.05, 3.63) is 96.2 Å². The fraction of sp³-hybridized carbons (Fsp3) is 0.120. The molecule has 35 heavy (non-hydrogen) atoms. The summed E-state index contributed by atoms with van der Waals surface area (Å²) in [6.45, 7) is 1.23. The number of fused-ring (bicyclic) bond motifs is 1. The third-order valence-electron chi connectivity index (χ3n) is 5.27. The first kappa shape index (κ1) is 22.4. The normalized spacial score (nSPS) is 12.8. The average molecular weight is 488 g/mol. The van der Waals surface area contributed by atoms with E-state index in [1.54, 1.807) is 12.5 Å². The fourth-order valence-electron chi connectivity index (χ4n) is 3.56. The van der Waals surface area contributed by atoms with Crippen LogP contribution >= 0.6 is 11.6 Å². The molecular formula is C25H22ClN7O2. The van der Waals surface area contributed by atoms with E-state index in [2.05, 4.69) is 25.3 Å². The molecule has 0 atom stereocenters. The van der Waals surface area contributed by atoms with E-state index in [1.807, 2.05) is 77.5 Å². The topological polar surface area (TPSA) is 101 Å². The van der Waals surface area contributed by atoms with Crippen molar-refractivity contribution >= 4 is 40.5 Å². The Morgan fingerprint density at radius 1 is 1.03 bits per heavy atom. The van der Waals surface area contributed by atoms with Gasteiger partial charge in [0, 0.05) is 23.1 Å². The number of amides is 1. The van der Waals surface area contributed by atoms with Crippen LogP contribution in [0.5, 0.6) is 0 Å². The summed E-state index contributed by atoms with van der Waals surface area (Å²) < 4.78 is 6.95. The number of rotatable bonds is 5. The lowest BCUT2D eigenvalue weighted by Crippen LogP contribution is -2.25. The number of anilines is 2.